The molecule has 0 aliphatic heterocycles. The highest BCUT2D eigenvalue weighted by Gasteiger charge is 2.23. The van der Waals surface area contributed by atoms with Gasteiger partial charge in [0.25, 0.3) is 5.69 Å². The zero-order chi connectivity index (χ0) is 24.5. The summed E-state index contributed by atoms with van der Waals surface area (Å²) in [5.41, 5.74) is 2.97. The molecule has 0 spiro atoms. The third kappa shape index (κ3) is 4.31. The third-order valence-corrected chi connectivity index (χ3v) is 6.74. The molecule has 0 aliphatic rings. The Morgan fingerprint density at radius 1 is 1.14 bits per heavy atom. The fourth-order valence-corrected chi connectivity index (χ4v) is 4.99. The first kappa shape index (κ1) is 22.5. The van der Waals surface area contributed by atoms with E-state index in [1.54, 1.807) is 4.90 Å². The van der Waals surface area contributed by atoms with Crippen molar-refractivity contribution in [2.45, 2.75) is 26.3 Å². The predicted octanol–water partition coefficient (Wildman–Crippen LogP) is 5.57. The van der Waals surface area contributed by atoms with Gasteiger partial charge in [-0.2, -0.15) is 0 Å². The number of oxazole rings is 1. The molecular weight excluding hydrogens is 468 g/mol. The van der Waals surface area contributed by atoms with Crippen LogP contribution in [-0.4, -0.2) is 20.4 Å². The number of anilines is 2. The first-order chi connectivity index (χ1) is 16.9. The average Bonchev–Trinajstić information content (AvgIpc) is 3.40. The van der Waals surface area contributed by atoms with Crippen LogP contribution in [0.5, 0.6) is 0 Å². The van der Waals surface area contributed by atoms with Crippen LogP contribution < -0.4 is 10.7 Å². The van der Waals surface area contributed by atoms with Gasteiger partial charge in [-0.25, -0.2) is 9.78 Å². The number of amides is 1. The van der Waals surface area contributed by atoms with Gasteiger partial charge in [0.15, 0.2) is 10.7 Å². The number of carbonyl (C=O) groups is 1. The van der Waals surface area contributed by atoms with E-state index in [-0.39, 0.29) is 30.1 Å². The minimum Gasteiger partial charge on any atom is -0.407 e. The quantitative estimate of drug-likeness (QED) is 0.219. The number of hydrogen-bond donors (Lipinski definition) is 0. The first-order valence-electron chi connectivity index (χ1n) is 10.9. The normalized spacial score (nSPS) is 11.2. The lowest BCUT2D eigenvalue weighted by atomic mass is 10.1. The summed E-state index contributed by atoms with van der Waals surface area (Å²) in [6.45, 7) is 2.18. The molecule has 1 amide bonds. The summed E-state index contributed by atoms with van der Waals surface area (Å²) in [5, 5.41) is 11.6. The zero-order valence-electron chi connectivity index (χ0n) is 18.7. The topological polar surface area (TPSA) is 111 Å². The molecule has 0 saturated heterocycles. The van der Waals surface area contributed by atoms with Gasteiger partial charge in [0, 0.05) is 19.0 Å². The molecule has 0 aliphatic carbocycles. The molecule has 0 atom stereocenters. The van der Waals surface area contributed by atoms with Crippen LogP contribution in [-0.2, 0) is 11.3 Å². The molecule has 0 fully saturated rings. The monoisotopic (exact) mass is 488 g/mol. The van der Waals surface area contributed by atoms with Crippen LogP contribution in [0.4, 0.5) is 16.5 Å². The van der Waals surface area contributed by atoms with Crippen LogP contribution in [0.3, 0.4) is 0 Å². The van der Waals surface area contributed by atoms with Gasteiger partial charge in [-0.3, -0.25) is 24.4 Å². The molecule has 0 unspecified atom stereocenters. The Balaban J connectivity index is 1.40. The summed E-state index contributed by atoms with van der Waals surface area (Å²) in [6.07, 6.45) is 0.536. The molecular formula is C25H20N4O5S. The SMILES string of the molecule is Cc1ccccc1N(C(=O)CCCn1c(=O)oc2cc([N+](=O)[O-])ccc21)c1nc2ccccc2s1. The number of carbonyl (C=O) groups excluding carboxylic acids is 1. The molecule has 9 nitrogen and oxygen atoms in total. The average molecular weight is 489 g/mol. The second-order valence-electron chi connectivity index (χ2n) is 8.01. The number of hydrogen-bond acceptors (Lipinski definition) is 7. The molecule has 0 saturated carbocycles. The van der Waals surface area contributed by atoms with Gasteiger partial charge >= 0.3 is 5.76 Å². The van der Waals surface area contributed by atoms with Crippen molar-refractivity contribution in [3.05, 3.63) is 93.0 Å². The minimum atomic E-state index is -0.616. The van der Waals surface area contributed by atoms with E-state index < -0.39 is 10.7 Å². The number of rotatable bonds is 7. The predicted molar refractivity (Wildman–Crippen MR) is 134 cm³/mol. The minimum absolute atomic E-state index is 0.144. The highest BCUT2D eigenvalue weighted by molar-refractivity contribution is 7.22. The third-order valence-electron chi connectivity index (χ3n) is 5.71. The lowest BCUT2D eigenvalue weighted by molar-refractivity contribution is -0.384. The lowest BCUT2D eigenvalue weighted by Gasteiger charge is -2.22. The van der Waals surface area contributed by atoms with E-state index in [1.165, 1.54) is 34.1 Å². The van der Waals surface area contributed by atoms with Crippen LogP contribution in [0.1, 0.15) is 18.4 Å². The van der Waals surface area contributed by atoms with Crippen molar-refractivity contribution in [2.75, 3.05) is 4.90 Å². The van der Waals surface area contributed by atoms with Crippen molar-refractivity contribution in [3.8, 4) is 0 Å². The Kier molecular flexibility index (Phi) is 5.87. The van der Waals surface area contributed by atoms with Crippen LogP contribution in [0.2, 0.25) is 0 Å². The second-order valence-corrected chi connectivity index (χ2v) is 9.02. The zero-order valence-corrected chi connectivity index (χ0v) is 19.5. The number of aryl methyl sites for hydroxylation is 2. The number of nitrogens with zero attached hydrogens (tertiary/aromatic N) is 4. The summed E-state index contributed by atoms with van der Waals surface area (Å²) in [5.74, 6) is -0.760. The number of para-hydroxylation sites is 2. The number of aromatic nitrogens is 2. The maximum absolute atomic E-state index is 13.5. The van der Waals surface area contributed by atoms with Crippen molar-refractivity contribution in [2.24, 2.45) is 0 Å². The molecule has 0 radical (unpaired) electrons. The fourth-order valence-electron chi connectivity index (χ4n) is 3.99. The number of benzene rings is 3. The number of nitro benzene ring substituents is 1. The Labute approximate surface area is 203 Å². The van der Waals surface area contributed by atoms with E-state index in [0.29, 0.717) is 17.1 Å². The first-order valence-corrected chi connectivity index (χ1v) is 11.8. The van der Waals surface area contributed by atoms with Crippen molar-refractivity contribution in [1.82, 2.24) is 9.55 Å². The highest BCUT2D eigenvalue weighted by atomic mass is 32.1. The Morgan fingerprint density at radius 3 is 2.69 bits per heavy atom. The molecule has 2 heterocycles. The van der Waals surface area contributed by atoms with Crippen molar-refractivity contribution >= 4 is 55.1 Å². The highest BCUT2D eigenvalue weighted by Crippen LogP contribution is 2.35. The van der Waals surface area contributed by atoms with Gasteiger partial charge < -0.3 is 4.42 Å². The number of thiazole rings is 1. The molecule has 0 N–H and O–H groups in total. The molecule has 10 heteroatoms. The van der Waals surface area contributed by atoms with Crippen molar-refractivity contribution in [1.29, 1.82) is 0 Å². The summed E-state index contributed by atoms with van der Waals surface area (Å²) in [4.78, 5) is 42.6. The summed E-state index contributed by atoms with van der Waals surface area (Å²) < 4.78 is 7.56. The Hall–Kier alpha value is -4.31. The maximum Gasteiger partial charge on any atom is 0.419 e. The number of non-ortho nitro benzene ring substituents is 1. The summed E-state index contributed by atoms with van der Waals surface area (Å²) in [6, 6.07) is 19.4. The van der Waals surface area contributed by atoms with Gasteiger partial charge in [-0.15, -0.1) is 0 Å². The van der Waals surface area contributed by atoms with E-state index in [2.05, 4.69) is 4.98 Å². The largest absolute Gasteiger partial charge is 0.419 e. The smallest absolute Gasteiger partial charge is 0.407 e. The van der Waals surface area contributed by atoms with Crippen LogP contribution in [0.15, 0.2) is 75.9 Å². The van der Waals surface area contributed by atoms with E-state index >= 15 is 0 Å². The van der Waals surface area contributed by atoms with Gasteiger partial charge in [-0.1, -0.05) is 41.7 Å². The molecule has 5 rings (SSSR count). The van der Waals surface area contributed by atoms with Crippen molar-refractivity contribution in [3.63, 3.8) is 0 Å². The molecule has 0 bridgehead atoms. The molecule has 176 valence electrons. The number of nitro groups is 1. The standard InChI is InChI=1S/C25H20N4O5S/c1-16-7-2-4-9-19(16)28(24-26-18-8-3-5-10-22(18)35-24)23(30)11-6-14-27-20-13-12-17(29(32)33)15-21(20)34-25(27)31/h2-5,7-10,12-13,15H,6,11,14H2,1H3. The van der Waals surface area contributed by atoms with Crippen LogP contribution in [0, 0.1) is 17.0 Å². The van der Waals surface area contributed by atoms with Gasteiger partial charge in [-0.05, 0) is 43.2 Å². The van der Waals surface area contributed by atoms with E-state index in [1.807, 2.05) is 55.5 Å². The van der Waals surface area contributed by atoms with Gasteiger partial charge in [0.2, 0.25) is 5.91 Å². The van der Waals surface area contributed by atoms with E-state index in [4.69, 9.17) is 4.42 Å². The van der Waals surface area contributed by atoms with Crippen LogP contribution >= 0.6 is 11.3 Å². The molecule has 35 heavy (non-hydrogen) atoms. The molecule has 2 aromatic heterocycles. The van der Waals surface area contributed by atoms with E-state index in [9.17, 15) is 19.7 Å². The van der Waals surface area contributed by atoms with Gasteiger partial charge in [0.05, 0.1) is 32.4 Å². The van der Waals surface area contributed by atoms with E-state index in [0.717, 1.165) is 21.5 Å². The van der Waals surface area contributed by atoms with Crippen molar-refractivity contribution < 1.29 is 14.1 Å². The number of fused-ring (bicyclic) bond motifs is 2. The van der Waals surface area contributed by atoms with Gasteiger partial charge in [0.1, 0.15) is 0 Å². The maximum atomic E-state index is 13.5. The fraction of sp³-hybridized carbons (Fsp3) is 0.160. The molecule has 3 aromatic carbocycles. The summed E-state index contributed by atoms with van der Waals surface area (Å²) in [7, 11) is 0. The molecule has 5 aromatic rings. The lowest BCUT2D eigenvalue weighted by Crippen LogP contribution is -2.27. The van der Waals surface area contributed by atoms with Crippen LogP contribution in [0.25, 0.3) is 21.3 Å². The Bertz CT molecular complexity index is 1600. The summed E-state index contributed by atoms with van der Waals surface area (Å²) >= 11 is 1.45. The second kappa shape index (κ2) is 9.15. The Morgan fingerprint density at radius 2 is 1.91 bits per heavy atom.